The Morgan fingerprint density at radius 2 is 2.00 bits per heavy atom. The molecule has 0 aliphatic rings. The van der Waals surface area contributed by atoms with Crippen molar-refractivity contribution < 1.29 is 0 Å². The molecule has 0 atom stereocenters. The highest BCUT2D eigenvalue weighted by Crippen LogP contribution is 2.16. The Labute approximate surface area is 116 Å². The maximum Gasteiger partial charge on any atom is 0.281 e. The third-order valence-corrected chi connectivity index (χ3v) is 3.30. The highest BCUT2D eigenvalue weighted by Gasteiger charge is 2.07. The summed E-state index contributed by atoms with van der Waals surface area (Å²) in [6.07, 6.45) is 0. The Kier molecular flexibility index (Phi) is 3.86. The Morgan fingerprint density at radius 3 is 2.71 bits per heavy atom. The van der Waals surface area contributed by atoms with E-state index in [1.807, 2.05) is 18.2 Å². The zero-order chi connectivity index (χ0) is 12.4. The van der Waals surface area contributed by atoms with Gasteiger partial charge in [-0.3, -0.25) is 4.79 Å². The van der Waals surface area contributed by atoms with Crippen LogP contribution in [0.3, 0.4) is 0 Å². The Balaban J connectivity index is 2.44. The van der Waals surface area contributed by atoms with Crippen LogP contribution < -0.4 is 5.56 Å². The topological polar surface area (TPSA) is 34.9 Å². The number of hydrogen-bond donors (Lipinski definition) is 0. The SMILES string of the molecule is O=c1c(Br)cc(Cl)nn1Cc1ccccc1Cl. The monoisotopic (exact) mass is 332 g/mol. The molecule has 0 unspecified atom stereocenters. The second-order valence-corrected chi connectivity index (χ2v) is 5.02. The summed E-state index contributed by atoms with van der Waals surface area (Å²) in [4.78, 5) is 11.8. The third-order valence-electron chi connectivity index (χ3n) is 2.18. The van der Waals surface area contributed by atoms with Gasteiger partial charge >= 0.3 is 0 Å². The summed E-state index contributed by atoms with van der Waals surface area (Å²) in [5, 5.41) is 4.80. The van der Waals surface area contributed by atoms with Crippen LogP contribution in [-0.4, -0.2) is 9.78 Å². The molecule has 0 amide bonds. The predicted octanol–water partition coefficient (Wildman–Crippen LogP) is 3.36. The average Bonchev–Trinajstić information content (AvgIpc) is 2.28. The minimum Gasteiger partial charge on any atom is -0.266 e. The third kappa shape index (κ3) is 2.89. The molecule has 88 valence electrons. The Morgan fingerprint density at radius 1 is 1.29 bits per heavy atom. The van der Waals surface area contributed by atoms with Crippen LogP contribution in [0.25, 0.3) is 0 Å². The molecule has 17 heavy (non-hydrogen) atoms. The van der Waals surface area contributed by atoms with E-state index >= 15 is 0 Å². The van der Waals surface area contributed by atoms with Gasteiger partial charge in [-0.15, -0.1) is 0 Å². The lowest BCUT2D eigenvalue weighted by molar-refractivity contribution is 0.636. The van der Waals surface area contributed by atoms with Gasteiger partial charge in [0.25, 0.3) is 5.56 Å². The smallest absolute Gasteiger partial charge is 0.266 e. The Hall–Kier alpha value is -0.840. The fraction of sp³-hybridized carbons (Fsp3) is 0.0909. The molecule has 0 aliphatic carbocycles. The molecule has 0 saturated carbocycles. The van der Waals surface area contributed by atoms with E-state index in [2.05, 4.69) is 21.0 Å². The first-order valence-corrected chi connectivity index (χ1v) is 6.29. The molecule has 0 bridgehead atoms. The van der Waals surface area contributed by atoms with Gasteiger partial charge in [0.1, 0.15) is 0 Å². The zero-order valence-corrected chi connectivity index (χ0v) is 11.6. The van der Waals surface area contributed by atoms with Gasteiger partial charge in [0.05, 0.1) is 11.0 Å². The molecule has 3 nitrogen and oxygen atoms in total. The molecular formula is C11H7BrCl2N2O. The summed E-state index contributed by atoms with van der Waals surface area (Å²) in [5.41, 5.74) is 0.576. The lowest BCUT2D eigenvalue weighted by atomic mass is 10.2. The summed E-state index contributed by atoms with van der Waals surface area (Å²) < 4.78 is 1.65. The molecule has 0 spiro atoms. The lowest BCUT2D eigenvalue weighted by Gasteiger charge is -2.07. The molecule has 0 radical (unpaired) electrons. The van der Waals surface area contributed by atoms with Crippen LogP contribution in [0, 0.1) is 0 Å². The first-order chi connectivity index (χ1) is 8.08. The van der Waals surface area contributed by atoms with Crippen LogP contribution in [0.2, 0.25) is 10.2 Å². The first-order valence-electron chi connectivity index (χ1n) is 4.74. The number of hydrogen-bond acceptors (Lipinski definition) is 2. The van der Waals surface area contributed by atoms with Crippen LogP contribution in [0.5, 0.6) is 0 Å². The van der Waals surface area contributed by atoms with Crippen molar-refractivity contribution in [1.29, 1.82) is 0 Å². The van der Waals surface area contributed by atoms with Crippen LogP contribution in [0.1, 0.15) is 5.56 Å². The van der Waals surface area contributed by atoms with E-state index in [9.17, 15) is 4.79 Å². The van der Waals surface area contributed by atoms with Crippen LogP contribution >= 0.6 is 39.1 Å². The first kappa shape index (κ1) is 12.6. The standard InChI is InChI=1S/C11H7BrCl2N2O/c12-8-5-10(14)15-16(11(8)17)6-7-3-1-2-4-9(7)13/h1-5H,6H2. The van der Waals surface area contributed by atoms with Gasteiger partial charge in [-0.1, -0.05) is 41.4 Å². The summed E-state index contributed by atoms with van der Waals surface area (Å²) in [5.74, 6) is 0. The van der Waals surface area contributed by atoms with E-state index < -0.39 is 0 Å². The maximum atomic E-state index is 11.8. The predicted molar refractivity (Wildman–Crippen MR) is 71.8 cm³/mol. The summed E-state index contributed by atoms with van der Waals surface area (Å²) >= 11 is 15.0. The van der Waals surface area contributed by atoms with Crippen LogP contribution in [-0.2, 0) is 6.54 Å². The summed E-state index contributed by atoms with van der Waals surface area (Å²) in [6.45, 7) is 0.289. The number of rotatable bonds is 2. The lowest BCUT2D eigenvalue weighted by Crippen LogP contribution is -2.24. The largest absolute Gasteiger partial charge is 0.281 e. The fourth-order valence-corrected chi connectivity index (χ4v) is 2.32. The van der Waals surface area contributed by atoms with E-state index in [4.69, 9.17) is 23.2 Å². The van der Waals surface area contributed by atoms with Crippen molar-refractivity contribution >= 4 is 39.1 Å². The van der Waals surface area contributed by atoms with E-state index in [0.29, 0.717) is 9.50 Å². The van der Waals surface area contributed by atoms with Crippen molar-refractivity contribution in [3.8, 4) is 0 Å². The van der Waals surface area contributed by atoms with Crippen molar-refractivity contribution in [1.82, 2.24) is 9.78 Å². The molecule has 0 N–H and O–H groups in total. The quantitative estimate of drug-likeness (QED) is 0.844. The zero-order valence-electron chi connectivity index (χ0n) is 8.53. The second kappa shape index (κ2) is 5.21. The van der Waals surface area contributed by atoms with E-state index in [-0.39, 0.29) is 17.3 Å². The molecule has 2 rings (SSSR count). The summed E-state index contributed by atoms with van der Waals surface area (Å²) in [7, 11) is 0. The highest BCUT2D eigenvalue weighted by atomic mass is 79.9. The molecule has 6 heteroatoms. The molecule has 0 saturated heterocycles. The van der Waals surface area contributed by atoms with Gasteiger partial charge in [0, 0.05) is 5.02 Å². The second-order valence-electron chi connectivity index (χ2n) is 3.37. The van der Waals surface area contributed by atoms with E-state index in [1.54, 1.807) is 6.07 Å². The van der Waals surface area contributed by atoms with Crippen LogP contribution in [0.15, 0.2) is 39.6 Å². The Bertz CT molecular complexity index is 613. The number of nitrogens with zero attached hydrogens (tertiary/aromatic N) is 2. The van der Waals surface area contributed by atoms with E-state index in [1.165, 1.54) is 10.7 Å². The van der Waals surface area contributed by atoms with Crippen LogP contribution in [0.4, 0.5) is 0 Å². The average molecular weight is 334 g/mol. The van der Waals surface area contributed by atoms with Gasteiger partial charge < -0.3 is 0 Å². The minimum absolute atomic E-state index is 0.241. The summed E-state index contributed by atoms with van der Waals surface area (Å²) in [6, 6.07) is 8.75. The van der Waals surface area contributed by atoms with Crippen molar-refractivity contribution in [2.24, 2.45) is 0 Å². The molecular weight excluding hydrogens is 327 g/mol. The van der Waals surface area contributed by atoms with Gasteiger partial charge in [-0.25, -0.2) is 4.68 Å². The minimum atomic E-state index is -0.241. The van der Waals surface area contributed by atoms with Gasteiger partial charge in [-0.05, 0) is 33.6 Å². The normalized spacial score (nSPS) is 10.5. The number of halogens is 3. The van der Waals surface area contributed by atoms with E-state index in [0.717, 1.165) is 5.56 Å². The van der Waals surface area contributed by atoms with Crippen molar-refractivity contribution in [3.63, 3.8) is 0 Å². The van der Waals surface area contributed by atoms with Crippen molar-refractivity contribution in [2.75, 3.05) is 0 Å². The molecule has 0 fully saturated rings. The van der Waals surface area contributed by atoms with Gasteiger partial charge in [-0.2, -0.15) is 5.10 Å². The maximum absolute atomic E-state index is 11.8. The molecule has 1 aromatic carbocycles. The molecule has 1 aromatic heterocycles. The molecule has 1 heterocycles. The number of benzene rings is 1. The van der Waals surface area contributed by atoms with Crippen molar-refractivity contribution in [3.05, 3.63) is 60.9 Å². The molecule has 0 aliphatic heterocycles. The highest BCUT2D eigenvalue weighted by molar-refractivity contribution is 9.10. The number of aromatic nitrogens is 2. The van der Waals surface area contributed by atoms with Crippen molar-refractivity contribution in [2.45, 2.75) is 6.54 Å². The fourth-order valence-electron chi connectivity index (χ4n) is 1.37. The van der Waals surface area contributed by atoms with Gasteiger partial charge in [0.15, 0.2) is 5.15 Å². The van der Waals surface area contributed by atoms with Gasteiger partial charge in [0.2, 0.25) is 0 Å². The molecule has 2 aromatic rings.